The van der Waals surface area contributed by atoms with Crippen molar-refractivity contribution in [2.24, 2.45) is 11.3 Å². The maximum atomic E-state index is 12.6. The molecule has 2 aliphatic rings. The second kappa shape index (κ2) is 7.40. The van der Waals surface area contributed by atoms with E-state index in [2.05, 4.69) is 38.1 Å². The molecule has 1 aliphatic heterocycles. The van der Waals surface area contributed by atoms with Crippen LogP contribution in [-0.2, 0) is 20.7 Å². The van der Waals surface area contributed by atoms with E-state index in [1.165, 1.54) is 12.0 Å². The van der Waals surface area contributed by atoms with Gasteiger partial charge in [-0.15, -0.1) is 11.8 Å². The lowest BCUT2D eigenvalue weighted by Crippen LogP contribution is -2.40. The second-order valence-corrected chi connectivity index (χ2v) is 9.16. The number of thioether (sulfide) groups is 1. The first-order valence-electron chi connectivity index (χ1n) is 9.05. The minimum Gasteiger partial charge on any atom is -0.469 e. The number of amides is 1. The van der Waals surface area contributed by atoms with Gasteiger partial charge in [0.15, 0.2) is 0 Å². The van der Waals surface area contributed by atoms with Crippen molar-refractivity contribution >= 4 is 23.6 Å². The molecule has 3 rings (SSSR count). The molecule has 1 aromatic carbocycles. The molecule has 25 heavy (non-hydrogen) atoms. The molecule has 0 N–H and O–H groups in total. The minimum absolute atomic E-state index is 0.0563. The highest BCUT2D eigenvalue weighted by Crippen LogP contribution is 2.59. The first-order chi connectivity index (χ1) is 11.9. The number of benzene rings is 1. The van der Waals surface area contributed by atoms with E-state index in [4.69, 9.17) is 4.74 Å². The van der Waals surface area contributed by atoms with Crippen molar-refractivity contribution < 1.29 is 14.3 Å². The highest BCUT2D eigenvalue weighted by Gasteiger charge is 2.59. The Morgan fingerprint density at radius 1 is 1.24 bits per heavy atom. The third kappa shape index (κ3) is 4.20. The zero-order valence-corrected chi connectivity index (χ0v) is 16.1. The lowest BCUT2D eigenvalue weighted by Gasteiger charge is -2.32. The van der Waals surface area contributed by atoms with Gasteiger partial charge in [-0.1, -0.05) is 26.0 Å². The number of esters is 1. The molecule has 136 valence electrons. The summed E-state index contributed by atoms with van der Waals surface area (Å²) >= 11 is 1.83. The quantitative estimate of drug-likeness (QED) is 0.595. The predicted octanol–water partition coefficient (Wildman–Crippen LogP) is 3.53. The van der Waals surface area contributed by atoms with Gasteiger partial charge in [-0.2, -0.15) is 0 Å². The molecule has 1 aromatic rings. The molecule has 5 heteroatoms. The summed E-state index contributed by atoms with van der Waals surface area (Å²) < 4.78 is 4.87. The molecule has 1 amide bonds. The summed E-state index contributed by atoms with van der Waals surface area (Å²) in [7, 11) is 1.46. The maximum Gasteiger partial charge on any atom is 0.309 e. The van der Waals surface area contributed by atoms with Gasteiger partial charge in [0.1, 0.15) is 0 Å². The van der Waals surface area contributed by atoms with Crippen LogP contribution >= 0.6 is 11.8 Å². The number of likely N-dealkylation sites (tertiary alicyclic amines) is 1. The minimum atomic E-state index is -0.0841. The zero-order valence-electron chi connectivity index (χ0n) is 15.3. The van der Waals surface area contributed by atoms with E-state index in [1.54, 1.807) is 0 Å². The molecule has 1 heterocycles. The number of piperidine rings is 1. The van der Waals surface area contributed by atoms with Crippen LogP contribution in [0.25, 0.3) is 0 Å². The highest BCUT2D eigenvalue weighted by atomic mass is 32.2. The van der Waals surface area contributed by atoms with Crippen LogP contribution in [-0.4, -0.2) is 42.2 Å². The van der Waals surface area contributed by atoms with Crippen LogP contribution in [0.5, 0.6) is 0 Å². The lowest BCUT2D eigenvalue weighted by molar-refractivity contribution is -0.143. The number of rotatable bonds is 5. The standard InChI is InChI=1S/C20H27NO3S/c1-14(2)25-16-6-4-15(5-7-16)12-18(22)21-10-8-20(9-11-21)13-17(20)19(23)24-3/h4-7,14,17H,8-13H2,1-3H3/t17-/m1/s1. The van der Waals surface area contributed by atoms with Crippen LogP contribution in [0.1, 0.15) is 38.7 Å². The molecule has 1 aliphatic carbocycles. The van der Waals surface area contributed by atoms with Crippen molar-refractivity contribution in [1.29, 1.82) is 0 Å². The van der Waals surface area contributed by atoms with Gasteiger partial charge >= 0.3 is 5.97 Å². The molecule has 2 fully saturated rings. The van der Waals surface area contributed by atoms with Crippen molar-refractivity contribution in [3.63, 3.8) is 0 Å². The van der Waals surface area contributed by atoms with Gasteiger partial charge < -0.3 is 9.64 Å². The Balaban J connectivity index is 1.49. The van der Waals surface area contributed by atoms with Crippen molar-refractivity contribution in [2.75, 3.05) is 20.2 Å². The summed E-state index contributed by atoms with van der Waals surface area (Å²) in [5, 5.41) is 0.560. The average Bonchev–Trinajstić information content (AvgIpc) is 3.29. The lowest BCUT2D eigenvalue weighted by atomic mass is 9.90. The topological polar surface area (TPSA) is 46.6 Å². The van der Waals surface area contributed by atoms with Crippen molar-refractivity contribution in [2.45, 2.75) is 49.7 Å². The fraction of sp³-hybridized carbons (Fsp3) is 0.600. The van der Waals surface area contributed by atoms with E-state index < -0.39 is 0 Å². The number of carbonyl (C=O) groups is 2. The fourth-order valence-electron chi connectivity index (χ4n) is 3.82. The van der Waals surface area contributed by atoms with Gasteiger partial charge in [0.2, 0.25) is 5.91 Å². The van der Waals surface area contributed by atoms with Gasteiger partial charge in [0.25, 0.3) is 0 Å². The summed E-state index contributed by atoms with van der Waals surface area (Å²) in [5.74, 6) is 0.161. The summed E-state index contributed by atoms with van der Waals surface area (Å²) in [6.07, 6.45) is 3.22. The van der Waals surface area contributed by atoms with E-state index in [1.807, 2.05) is 16.7 Å². The number of nitrogens with zero attached hydrogens (tertiary/aromatic N) is 1. The molecule has 0 radical (unpaired) electrons. The predicted molar refractivity (Wildman–Crippen MR) is 99.5 cm³/mol. The molecule has 0 aromatic heterocycles. The third-order valence-corrected chi connectivity index (χ3v) is 6.45. The molecule has 1 spiro atoms. The van der Waals surface area contributed by atoms with Gasteiger partial charge in [0.05, 0.1) is 19.4 Å². The molecule has 4 nitrogen and oxygen atoms in total. The summed E-state index contributed by atoms with van der Waals surface area (Å²) in [5.41, 5.74) is 1.18. The van der Waals surface area contributed by atoms with Crippen molar-refractivity contribution in [3.05, 3.63) is 29.8 Å². The van der Waals surface area contributed by atoms with E-state index in [-0.39, 0.29) is 23.2 Å². The van der Waals surface area contributed by atoms with E-state index in [0.717, 1.165) is 37.9 Å². The molecule has 1 saturated carbocycles. The molecule has 0 unspecified atom stereocenters. The Morgan fingerprint density at radius 3 is 2.44 bits per heavy atom. The smallest absolute Gasteiger partial charge is 0.309 e. The molecule has 1 atom stereocenters. The third-order valence-electron chi connectivity index (χ3n) is 5.44. The highest BCUT2D eigenvalue weighted by molar-refractivity contribution is 7.99. The van der Waals surface area contributed by atoms with Gasteiger partial charge in [-0.25, -0.2) is 0 Å². The van der Waals surface area contributed by atoms with Crippen LogP contribution in [0.2, 0.25) is 0 Å². The van der Waals surface area contributed by atoms with E-state index >= 15 is 0 Å². The number of methoxy groups -OCH3 is 1. The van der Waals surface area contributed by atoms with Crippen molar-refractivity contribution in [3.8, 4) is 0 Å². The monoisotopic (exact) mass is 361 g/mol. The Kier molecular flexibility index (Phi) is 5.42. The Bertz CT molecular complexity index is 633. The number of carbonyl (C=O) groups excluding carboxylic acids is 2. The maximum absolute atomic E-state index is 12.6. The first kappa shape index (κ1) is 18.3. The molecular formula is C20H27NO3S. The Labute approximate surface area is 154 Å². The van der Waals surface area contributed by atoms with E-state index in [0.29, 0.717) is 11.7 Å². The van der Waals surface area contributed by atoms with Crippen LogP contribution in [0.3, 0.4) is 0 Å². The zero-order chi connectivity index (χ0) is 18.0. The molecule has 0 bridgehead atoms. The van der Waals surface area contributed by atoms with E-state index in [9.17, 15) is 9.59 Å². The van der Waals surface area contributed by atoms with Crippen LogP contribution in [0.15, 0.2) is 29.2 Å². The SMILES string of the molecule is COC(=O)[C@H]1CC12CCN(C(=O)Cc1ccc(SC(C)C)cc1)CC2. The summed E-state index contributed by atoms with van der Waals surface area (Å²) in [6, 6.07) is 8.32. The number of ether oxygens (including phenoxy) is 1. The van der Waals surface area contributed by atoms with Gasteiger partial charge in [0, 0.05) is 23.2 Å². The van der Waals surface area contributed by atoms with Crippen molar-refractivity contribution in [1.82, 2.24) is 4.90 Å². The average molecular weight is 362 g/mol. The van der Waals surface area contributed by atoms with Gasteiger partial charge in [-0.3, -0.25) is 9.59 Å². The summed E-state index contributed by atoms with van der Waals surface area (Å²) in [6.45, 7) is 5.87. The Morgan fingerprint density at radius 2 is 1.88 bits per heavy atom. The Hall–Kier alpha value is -1.49. The number of hydrogen-bond donors (Lipinski definition) is 0. The van der Waals surface area contributed by atoms with Crippen LogP contribution < -0.4 is 0 Å². The molecule has 1 saturated heterocycles. The fourth-order valence-corrected chi connectivity index (χ4v) is 4.66. The largest absolute Gasteiger partial charge is 0.469 e. The van der Waals surface area contributed by atoms with Gasteiger partial charge in [-0.05, 0) is 42.4 Å². The van der Waals surface area contributed by atoms with Crippen LogP contribution in [0.4, 0.5) is 0 Å². The normalized spacial score (nSPS) is 21.4. The number of hydrogen-bond acceptors (Lipinski definition) is 4. The second-order valence-electron chi connectivity index (χ2n) is 7.51. The summed E-state index contributed by atoms with van der Waals surface area (Å²) in [4.78, 5) is 27.5. The first-order valence-corrected chi connectivity index (χ1v) is 9.93. The molecular weight excluding hydrogens is 334 g/mol. The van der Waals surface area contributed by atoms with Crippen LogP contribution in [0, 0.1) is 11.3 Å².